The molecular weight excluding hydrogens is 274 g/mol. The van der Waals surface area contributed by atoms with Crippen molar-refractivity contribution in [3.05, 3.63) is 28.5 Å². The highest BCUT2D eigenvalue weighted by molar-refractivity contribution is 9.10. The second kappa shape index (κ2) is 6.60. The van der Waals surface area contributed by atoms with Crippen LogP contribution < -0.4 is 0 Å². The molecule has 16 heavy (non-hydrogen) atoms. The fourth-order valence-corrected chi connectivity index (χ4v) is 1.40. The first kappa shape index (κ1) is 13.1. The maximum absolute atomic E-state index is 11.5. The van der Waals surface area contributed by atoms with Crippen molar-refractivity contribution < 1.29 is 14.3 Å². The SMILES string of the molecule is CC(C)OCCOC(=O)c1ccnc(Br)c1. The summed E-state index contributed by atoms with van der Waals surface area (Å²) in [6.07, 6.45) is 1.69. The van der Waals surface area contributed by atoms with Gasteiger partial charge >= 0.3 is 5.97 Å². The molecule has 0 amide bonds. The second-order valence-electron chi connectivity index (χ2n) is 3.42. The minimum absolute atomic E-state index is 0.147. The Morgan fingerprint density at radius 3 is 2.88 bits per heavy atom. The van der Waals surface area contributed by atoms with Crippen LogP contribution in [0.3, 0.4) is 0 Å². The van der Waals surface area contributed by atoms with Crippen LogP contribution in [0.25, 0.3) is 0 Å². The molecule has 0 atom stereocenters. The number of ether oxygens (including phenoxy) is 2. The Morgan fingerprint density at radius 2 is 2.25 bits per heavy atom. The lowest BCUT2D eigenvalue weighted by atomic mass is 10.3. The molecule has 0 aliphatic rings. The molecule has 0 spiro atoms. The van der Waals surface area contributed by atoms with Crippen molar-refractivity contribution in [2.24, 2.45) is 0 Å². The van der Waals surface area contributed by atoms with Crippen LogP contribution in [0, 0.1) is 0 Å². The Hall–Kier alpha value is -0.940. The van der Waals surface area contributed by atoms with Crippen LogP contribution in [-0.2, 0) is 9.47 Å². The van der Waals surface area contributed by atoms with Gasteiger partial charge in [-0.05, 0) is 41.9 Å². The fraction of sp³-hybridized carbons (Fsp3) is 0.455. The first-order valence-corrected chi connectivity index (χ1v) is 5.79. The third kappa shape index (κ3) is 4.72. The number of hydrogen-bond acceptors (Lipinski definition) is 4. The van der Waals surface area contributed by atoms with E-state index in [0.717, 1.165) is 0 Å². The van der Waals surface area contributed by atoms with E-state index in [1.54, 1.807) is 18.3 Å². The Kier molecular flexibility index (Phi) is 5.42. The predicted octanol–water partition coefficient (Wildman–Crippen LogP) is 2.43. The molecule has 0 fully saturated rings. The summed E-state index contributed by atoms with van der Waals surface area (Å²) in [5.41, 5.74) is 0.478. The van der Waals surface area contributed by atoms with E-state index in [0.29, 0.717) is 16.8 Å². The van der Waals surface area contributed by atoms with Gasteiger partial charge in [-0.1, -0.05) is 0 Å². The van der Waals surface area contributed by atoms with Crippen LogP contribution in [0.1, 0.15) is 24.2 Å². The number of esters is 1. The van der Waals surface area contributed by atoms with Crippen molar-refractivity contribution in [3.63, 3.8) is 0 Å². The number of rotatable bonds is 5. The monoisotopic (exact) mass is 287 g/mol. The summed E-state index contributed by atoms with van der Waals surface area (Å²) in [6, 6.07) is 3.22. The molecule has 0 saturated heterocycles. The van der Waals surface area contributed by atoms with E-state index in [1.807, 2.05) is 13.8 Å². The Labute approximate surface area is 103 Å². The molecular formula is C11H14BrNO3. The largest absolute Gasteiger partial charge is 0.460 e. The number of aromatic nitrogens is 1. The van der Waals surface area contributed by atoms with E-state index >= 15 is 0 Å². The lowest BCUT2D eigenvalue weighted by Gasteiger charge is -2.08. The molecule has 1 rings (SSSR count). The van der Waals surface area contributed by atoms with Gasteiger partial charge in [-0.15, -0.1) is 0 Å². The van der Waals surface area contributed by atoms with E-state index in [-0.39, 0.29) is 18.7 Å². The van der Waals surface area contributed by atoms with Crippen LogP contribution >= 0.6 is 15.9 Å². The molecule has 0 aliphatic heterocycles. The topological polar surface area (TPSA) is 48.4 Å². The van der Waals surface area contributed by atoms with Gasteiger partial charge in [0.05, 0.1) is 18.3 Å². The summed E-state index contributed by atoms with van der Waals surface area (Å²) in [4.78, 5) is 15.4. The van der Waals surface area contributed by atoms with Crippen molar-refractivity contribution in [3.8, 4) is 0 Å². The Morgan fingerprint density at radius 1 is 1.50 bits per heavy atom. The highest BCUT2D eigenvalue weighted by atomic mass is 79.9. The lowest BCUT2D eigenvalue weighted by Crippen LogP contribution is -2.13. The highest BCUT2D eigenvalue weighted by Gasteiger charge is 2.07. The van der Waals surface area contributed by atoms with Gasteiger partial charge in [0.2, 0.25) is 0 Å². The van der Waals surface area contributed by atoms with Gasteiger partial charge < -0.3 is 9.47 Å². The van der Waals surface area contributed by atoms with Crippen LogP contribution in [-0.4, -0.2) is 30.3 Å². The summed E-state index contributed by atoms with van der Waals surface area (Å²) < 4.78 is 10.9. The maximum Gasteiger partial charge on any atom is 0.338 e. The van der Waals surface area contributed by atoms with E-state index in [4.69, 9.17) is 9.47 Å². The molecule has 0 aromatic carbocycles. The second-order valence-corrected chi connectivity index (χ2v) is 4.24. The number of nitrogens with zero attached hydrogens (tertiary/aromatic N) is 1. The zero-order valence-electron chi connectivity index (χ0n) is 9.27. The lowest BCUT2D eigenvalue weighted by molar-refractivity contribution is 0.0177. The van der Waals surface area contributed by atoms with Crippen molar-refractivity contribution in [1.29, 1.82) is 0 Å². The van der Waals surface area contributed by atoms with Crippen LogP contribution in [0.15, 0.2) is 22.9 Å². The summed E-state index contributed by atoms with van der Waals surface area (Å²) in [7, 11) is 0. The zero-order chi connectivity index (χ0) is 12.0. The van der Waals surface area contributed by atoms with Crippen LogP contribution in [0.4, 0.5) is 0 Å². The minimum Gasteiger partial charge on any atom is -0.460 e. The van der Waals surface area contributed by atoms with Crippen molar-refractivity contribution >= 4 is 21.9 Å². The summed E-state index contributed by atoms with van der Waals surface area (Å²) in [6.45, 7) is 4.54. The first-order valence-electron chi connectivity index (χ1n) is 5.00. The third-order valence-electron chi connectivity index (χ3n) is 1.73. The molecule has 0 radical (unpaired) electrons. The fourth-order valence-electron chi connectivity index (χ4n) is 1.03. The van der Waals surface area contributed by atoms with E-state index in [1.165, 1.54) is 0 Å². The molecule has 5 heteroatoms. The minimum atomic E-state index is -0.365. The zero-order valence-corrected chi connectivity index (χ0v) is 10.9. The van der Waals surface area contributed by atoms with Gasteiger partial charge in [-0.25, -0.2) is 9.78 Å². The molecule has 1 heterocycles. The number of pyridine rings is 1. The summed E-state index contributed by atoms with van der Waals surface area (Å²) in [5.74, 6) is -0.365. The normalized spacial score (nSPS) is 10.5. The Bertz CT molecular complexity index is 355. The van der Waals surface area contributed by atoms with E-state index in [9.17, 15) is 4.79 Å². The van der Waals surface area contributed by atoms with Gasteiger partial charge in [-0.2, -0.15) is 0 Å². The molecule has 0 aliphatic carbocycles. The molecule has 0 saturated carbocycles. The average molecular weight is 288 g/mol. The molecule has 1 aromatic rings. The van der Waals surface area contributed by atoms with Crippen molar-refractivity contribution in [2.75, 3.05) is 13.2 Å². The smallest absolute Gasteiger partial charge is 0.338 e. The van der Waals surface area contributed by atoms with Gasteiger partial charge in [-0.3, -0.25) is 0 Å². The van der Waals surface area contributed by atoms with Crippen molar-refractivity contribution in [2.45, 2.75) is 20.0 Å². The average Bonchev–Trinajstić information content (AvgIpc) is 2.24. The van der Waals surface area contributed by atoms with Gasteiger partial charge in [0, 0.05) is 6.20 Å². The molecule has 0 unspecified atom stereocenters. The van der Waals surface area contributed by atoms with E-state index < -0.39 is 0 Å². The maximum atomic E-state index is 11.5. The molecule has 1 aromatic heterocycles. The molecule has 88 valence electrons. The first-order chi connectivity index (χ1) is 7.59. The Balaban J connectivity index is 2.35. The standard InChI is InChI=1S/C11H14BrNO3/c1-8(2)15-5-6-16-11(14)9-3-4-13-10(12)7-9/h3-4,7-8H,5-6H2,1-2H3. The van der Waals surface area contributed by atoms with Crippen LogP contribution in [0.2, 0.25) is 0 Å². The van der Waals surface area contributed by atoms with E-state index in [2.05, 4.69) is 20.9 Å². The predicted molar refractivity (Wildman–Crippen MR) is 63.3 cm³/mol. The third-order valence-corrected chi connectivity index (χ3v) is 2.16. The number of carbonyl (C=O) groups excluding carboxylic acids is 1. The molecule has 4 nitrogen and oxygen atoms in total. The molecule has 0 bridgehead atoms. The summed E-state index contributed by atoms with van der Waals surface area (Å²) >= 11 is 3.19. The highest BCUT2D eigenvalue weighted by Crippen LogP contribution is 2.09. The summed E-state index contributed by atoms with van der Waals surface area (Å²) in [5, 5.41) is 0. The quantitative estimate of drug-likeness (QED) is 0.474. The van der Waals surface area contributed by atoms with Gasteiger partial charge in [0.1, 0.15) is 11.2 Å². The number of hydrogen-bond donors (Lipinski definition) is 0. The van der Waals surface area contributed by atoms with Gasteiger partial charge in [0.25, 0.3) is 0 Å². The number of carbonyl (C=O) groups is 1. The molecule has 0 N–H and O–H groups in total. The van der Waals surface area contributed by atoms with Crippen molar-refractivity contribution in [1.82, 2.24) is 4.98 Å². The van der Waals surface area contributed by atoms with Crippen LogP contribution in [0.5, 0.6) is 0 Å². The van der Waals surface area contributed by atoms with Gasteiger partial charge in [0.15, 0.2) is 0 Å². The number of halogens is 1.